The summed E-state index contributed by atoms with van der Waals surface area (Å²) in [6.45, 7) is 0.180. The first-order valence-electron chi connectivity index (χ1n) is 8.76. The minimum Gasteiger partial charge on any atom is -0.497 e. The van der Waals surface area contributed by atoms with Gasteiger partial charge in [0.2, 0.25) is 0 Å². The fraction of sp³-hybridized carbons (Fsp3) is 0.0952. The largest absolute Gasteiger partial charge is 0.497 e. The molecule has 4 aromatic rings. The SMILES string of the molecule is COc1cccc(C(=O)Nc2ccc(OCc3cc(=O)n4ccsc4n3)cc2)c1. The van der Waals surface area contributed by atoms with E-state index in [2.05, 4.69) is 10.3 Å². The van der Waals surface area contributed by atoms with Crippen molar-refractivity contribution in [2.75, 3.05) is 12.4 Å². The zero-order valence-electron chi connectivity index (χ0n) is 15.5. The third kappa shape index (κ3) is 4.27. The molecule has 0 aliphatic rings. The van der Waals surface area contributed by atoms with Gasteiger partial charge in [0, 0.05) is 28.9 Å². The number of hydrogen-bond acceptors (Lipinski definition) is 6. The Bertz CT molecular complexity index is 1210. The van der Waals surface area contributed by atoms with Crippen LogP contribution in [0.15, 0.2) is 71.0 Å². The number of benzene rings is 2. The monoisotopic (exact) mass is 407 g/mol. The molecule has 146 valence electrons. The normalized spacial score (nSPS) is 10.7. The van der Waals surface area contributed by atoms with Crippen LogP contribution in [0, 0.1) is 0 Å². The Morgan fingerprint density at radius 2 is 1.97 bits per heavy atom. The molecule has 2 heterocycles. The van der Waals surface area contributed by atoms with Gasteiger partial charge in [-0.15, -0.1) is 11.3 Å². The van der Waals surface area contributed by atoms with Crippen molar-refractivity contribution in [3.05, 3.63) is 87.8 Å². The van der Waals surface area contributed by atoms with E-state index >= 15 is 0 Å². The summed E-state index contributed by atoms with van der Waals surface area (Å²) in [5.74, 6) is 0.999. The Kier molecular flexibility index (Phi) is 5.26. The summed E-state index contributed by atoms with van der Waals surface area (Å²) < 4.78 is 12.3. The highest BCUT2D eigenvalue weighted by atomic mass is 32.1. The molecule has 0 unspecified atom stereocenters. The van der Waals surface area contributed by atoms with E-state index in [1.54, 1.807) is 61.8 Å². The number of thiazole rings is 1. The smallest absolute Gasteiger partial charge is 0.258 e. The van der Waals surface area contributed by atoms with E-state index in [1.807, 2.05) is 5.38 Å². The number of aromatic nitrogens is 2. The highest BCUT2D eigenvalue weighted by Crippen LogP contribution is 2.19. The maximum absolute atomic E-state index is 12.4. The fourth-order valence-electron chi connectivity index (χ4n) is 2.72. The number of methoxy groups -OCH3 is 1. The van der Waals surface area contributed by atoms with Crippen LogP contribution in [-0.2, 0) is 6.61 Å². The molecule has 0 atom stereocenters. The van der Waals surface area contributed by atoms with Crippen molar-refractivity contribution in [1.29, 1.82) is 0 Å². The molecule has 2 aromatic carbocycles. The van der Waals surface area contributed by atoms with Gasteiger partial charge < -0.3 is 14.8 Å². The Morgan fingerprint density at radius 1 is 1.14 bits per heavy atom. The molecule has 0 saturated carbocycles. The lowest BCUT2D eigenvalue weighted by molar-refractivity contribution is 0.102. The van der Waals surface area contributed by atoms with Crippen LogP contribution in [0.25, 0.3) is 4.96 Å². The molecule has 0 bridgehead atoms. The molecule has 8 heteroatoms. The van der Waals surface area contributed by atoms with Gasteiger partial charge in [-0.25, -0.2) is 4.98 Å². The van der Waals surface area contributed by atoms with E-state index in [0.717, 1.165) is 0 Å². The van der Waals surface area contributed by atoms with Gasteiger partial charge in [-0.1, -0.05) is 6.07 Å². The van der Waals surface area contributed by atoms with Crippen molar-refractivity contribution in [3.8, 4) is 11.5 Å². The van der Waals surface area contributed by atoms with Crippen molar-refractivity contribution in [3.63, 3.8) is 0 Å². The maximum atomic E-state index is 12.4. The molecule has 0 spiro atoms. The Hall–Kier alpha value is -3.65. The Balaban J connectivity index is 1.39. The van der Waals surface area contributed by atoms with Crippen LogP contribution < -0.4 is 20.3 Å². The third-order valence-electron chi connectivity index (χ3n) is 4.19. The van der Waals surface area contributed by atoms with Gasteiger partial charge in [0.05, 0.1) is 12.8 Å². The predicted octanol–water partition coefficient (Wildman–Crippen LogP) is 3.60. The number of rotatable bonds is 6. The highest BCUT2D eigenvalue weighted by molar-refractivity contribution is 7.15. The second-order valence-corrected chi connectivity index (χ2v) is 7.01. The van der Waals surface area contributed by atoms with E-state index < -0.39 is 0 Å². The van der Waals surface area contributed by atoms with E-state index in [-0.39, 0.29) is 18.1 Å². The third-order valence-corrected chi connectivity index (χ3v) is 4.94. The van der Waals surface area contributed by atoms with Gasteiger partial charge in [-0.05, 0) is 42.5 Å². The molecular weight excluding hydrogens is 390 g/mol. The van der Waals surface area contributed by atoms with Crippen LogP contribution in [0.2, 0.25) is 0 Å². The second-order valence-electron chi connectivity index (χ2n) is 6.14. The number of carbonyl (C=O) groups excluding carboxylic acids is 1. The summed E-state index contributed by atoms with van der Waals surface area (Å²) in [7, 11) is 1.56. The molecule has 0 radical (unpaired) electrons. The number of anilines is 1. The molecule has 7 nitrogen and oxygen atoms in total. The minimum absolute atomic E-state index is 0.134. The van der Waals surface area contributed by atoms with Crippen molar-refractivity contribution in [2.24, 2.45) is 0 Å². The standard InChI is InChI=1S/C21H17N3O4S/c1-27-18-4-2-3-14(11-18)20(26)22-15-5-7-17(8-6-15)28-13-16-12-19(25)24-9-10-29-21(24)23-16/h2-12H,13H2,1H3,(H,22,26). The number of nitrogens with zero attached hydrogens (tertiary/aromatic N) is 2. The molecule has 0 aliphatic carbocycles. The lowest BCUT2D eigenvalue weighted by atomic mass is 10.2. The van der Waals surface area contributed by atoms with Crippen molar-refractivity contribution < 1.29 is 14.3 Å². The second kappa shape index (κ2) is 8.15. The van der Waals surface area contributed by atoms with Gasteiger partial charge in [0.25, 0.3) is 11.5 Å². The van der Waals surface area contributed by atoms with Gasteiger partial charge in [0.15, 0.2) is 4.96 Å². The molecule has 29 heavy (non-hydrogen) atoms. The van der Waals surface area contributed by atoms with Gasteiger partial charge >= 0.3 is 0 Å². The number of carbonyl (C=O) groups is 1. The van der Waals surface area contributed by atoms with Crippen LogP contribution in [0.5, 0.6) is 11.5 Å². The molecule has 2 aromatic heterocycles. The first-order valence-corrected chi connectivity index (χ1v) is 9.64. The maximum Gasteiger partial charge on any atom is 0.258 e. The van der Waals surface area contributed by atoms with Gasteiger partial charge in [-0.3, -0.25) is 14.0 Å². The number of nitrogens with one attached hydrogen (secondary N) is 1. The quantitative estimate of drug-likeness (QED) is 0.528. The van der Waals surface area contributed by atoms with E-state index in [1.165, 1.54) is 21.8 Å². The van der Waals surface area contributed by atoms with E-state index in [0.29, 0.717) is 33.4 Å². The first-order chi connectivity index (χ1) is 14.1. The zero-order valence-corrected chi connectivity index (χ0v) is 16.3. The molecule has 0 saturated heterocycles. The number of ether oxygens (including phenoxy) is 2. The van der Waals surface area contributed by atoms with Gasteiger partial charge in [-0.2, -0.15) is 0 Å². The minimum atomic E-state index is -0.230. The summed E-state index contributed by atoms with van der Waals surface area (Å²) in [5.41, 5.74) is 1.57. The number of amides is 1. The number of hydrogen-bond donors (Lipinski definition) is 1. The van der Waals surface area contributed by atoms with E-state index in [4.69, 9.17) is 9.47 Å². The van der Waals surface area contributed by atoms with Crippen LogP contribution in [0.4, 0.5) is 5.69 Å². The molecule has 1 N–H and O–H groups in total. The van der Waals surface area contributed by atoms with Crippen LogP contribution in [-0.4, -0.2) is 22.4 Å². The topological polar surface area (TPSA) is 81.9 Å². The highest BCUT2D eigenvalue weighted by Gasteiger charge is 2.08. The average molecular weight is 407 g/mol. The first kappa shape index (κ1) is 18.7. The zero-order chi connectivity index (χ0) is 20.2. The predicted molar refractivity (Wildman–Crippen MR) is 111 cm³/mol. The molecule has 0 fully saturated rings. The molecule has 1 amide bonds. The number of fused-ring (bicyclic) bond motifs is 1. The summed E-state index contributed by atoms with van der Waals surface area (Å²) >= 11 is 1.39. The lowest BCUT2D eigenvalue weighted by Crippen LogP contribution is -2.14. The van der Waals surface area contributed by atoms with Crippen LogP contribution >= 0.6 is 11.3 Å². The van der Waals surface area contributed by atoms with Crippen molar-refractivity contribution in [1.82, 2.24) is 9.38 Å². The summed E-state index contributed by atoms with van der Waals surface area (Å²) in [5, 5.41) is 4.64. The Labute approximate surface area is 170 Å². The Morgan fingerprint density at radius 3 is 2.76 bits per heavy atom. The summed E-state index contributed by atoms with van der Waals surface area (Å²) in [4.78, 5) is 29.4. The van der Waals surface area contributed by atoms with Crippen LogP contribution in [0.1, 0.15) is 16.1 Å². The lowest BCUT2D eigenvalue weighted by Gasteiger charge is -2.09. The van der Waals surface area contributed by atoms with Crippen LogP contribution in [0.3, 0.4) is 0 Å². The molecule has 0 aliphatic heterocycles. The summed E-state index contributed by atoms with van der Waals surface area (Å²) in [6, 6.07) is 15.4. The molecule has 4 rings (SSSR count). The average Bonchev–Trinajstić information content (AvgIpc) is 3.22. The van der Waals surface area contributed by atoms with Crippen molar-refractivity contribution >= 4 is 27.9 Å². The van der Waals surface area contributed by atoms with Crippen molar-refractivity contribution in [2.45, 2.75) is 6.61 Å². The molecular formula is C21H17N3O4S. The fourth-order valence-corrected chi connectivity index (χ4v) is 3.46. The summed E-state index contributed by atoms with van der Waals surface area (Å²) in [6.07, 6.45) is 1.69. The van der Waals surface area contributed by atoms with Gasteiger partial charge in [0.1, 0.15) is 18.1 Å². The van der Waals surface area contributed by atoms with E-state index in [9.17, 15) is 9.59 Å².